The topological polar surface area (TPSA) is 86.3 Å². The van der Waals surface area contributed by atoms with Crippen LogP contribution in [0, 0.1) is 28.4 Å². The minimum atomic E-state index is -0.467. The fourth-order valence-corrected chi connectivity index (χ4v) is 2.46. The summed E-state index contributed by atoms with van der Waals surface area (Å²) in [5.41, 5.74) is 0.193. The first-order valence-electron chi connectivity index (χ1n) is 6.87. The van der Waals surface area contributed by atoms with E-state index >= 15 is 0 Å². The molecule has 0 unspecified atom stereocenters. The molecule has 0 spiro atoms. The molecule has 112 valence electrons. The van der Waals surface area contributed by atoms with E-state index in [1.165, 1.54) is 6.20 Å². The largest absolute Gasteiger partial charge is 0.354 e. The Hall–Kier alpha value is -2.20. The fraction of sp³-hybridized carbons (Fsp3) is 0.571. The standard InChI is InChI=1S/C14H19N5O2/c1-11-8-13(16-9-12(11)19(20)21)17-4-6-18(7-5-17)14(2,3)10-15/h8-9H,4-7H2,1-3H3. The van der Waals surface area contributed by atoms with Crippen molar-refractivity contribution in [3.05, 3.63) is 27.9 Å². The number of rotatable bonds is 3. The molecule has 0 atom stereocenters. The van der Waals surface area contributed by atoms with Crippen LogP contribution in [-0.4, -0.2) is 46.5 Å². The average Bonchev–Trinajstić information content (AvgIpc) is 2.47. The van der Waals surface area contributed by atoms with Gasteiger partial charge < -0.3 is 4.90 Å². The molecule has 1 aromatic rings. The van der Waals surface area contributed by atoms with Crippen molar-refractivity contribution in [3.8, 4) is 6.07 Å². The first-order chi connectivity index (χ1) is 9.85. The van der Waals surface area contributed by atoms with Gasteiger partial charge in [0, 0.05) is 31.7 Å². The molecule has 1 aromatic heterocycles. The average molecular weight is 289 g/mol. The maximum Gasteiger partial charge on any atom is 0.290 e. The number of hydrogen-bond donors (Lipinski definition) is 0. The minimum absolute atomic E-state index is 0.0444. The van der Waals surface area contributed by atoms with Crippen LogP contribution in [0.1, 0.15) is 19.4 Å². The van der Waals surface area contributed by atoms with Crippen molar-refractivity contribution in [1.29, 1.82) is 5.26 Å². The van der Waals surface area contributed by atoms with E-state index in [0.717, 1.165) is 32.0 Å². The molecule has 0 amide bonds. The SMILES string of the molecule is Cc1cc(N2CCN(C(C)(C)C#N)CC2)ncc1[N+](=O)[O-]. The molecule has 1 saturated heterocycles. The third kappa shape index (κ3) is 3.11. The van der Waals surface area contributed by atoms with Gasteiger partial charge in [0.2, 0.25) is 0 Å². The van der Waals surface area contributed by atoms with Crippen LogP contribution < -0.4 is 4.90 Å². The fourth-order valence-electron chi connectivity index (χ4n) is 2.46. The van der Waals surface area contributed by atoms with Crippen LogP contribution in [0.5, 0.6) is 0 Å². The lowest BCUT2D eigenvalue weighted by Crippen LogP contribution is -2.54. The highest BCUT2D eigenvalue weighted by molar-refractivity contribution is 5.49. The normalized spacial score (nSPS) is 16.6. The highest BCUT2D eigenvalue weighted by Gasteiger charge is 2.30. The van der Waals surface area contributed by atoms with Crippen molar-refractivity contribution >= 4 is 11.5 Å². The monoisotopic (exact) mass is 289 g/mol. The number of hydrogen-bond acceptors (Lipinski definition) is 6. The van der Waals surface area contributed by atoms with Crippen molar-refractivity contribution in [1.82, 2.24) is 9.88 Å². The summed E-state index contributed by atoms with van der Waals surface area (Å²) < 4.78 is 0. The summed E-state index contributed by atoms with van der Waals surface area (Å²) in [6.07, 6.45) is 1.32. The molecule has 0 N–H and O–H groups in total. The summed E-state index contributed by atoms with van der Waals surface area (Å²) >= 11 is 0. The predicted molar refractivity (Wildman–Crippen MR) is 79.1 cm³/mol. The van der Waals surface area contributed by atoms with Gasteiger partial charge in [0.25, 0.3) is 5.69 Å². The molecule has 1 aliphatic heterocycles. The van der Waals surface area contributed by atoms with E-state index in [2.05, 4.69) is 20.9 Å². The molecule has 2 rings (SSSR count). The molecule has 0 saturated carbocycles. The second-order valence-corrected chi connectivity index (χ2v) is 5.73. The van der Waals surface area contributed by atoms with Crippen LogP contribution in [0.25, 0.3) is 0 Å². The molecule has 0 bridgehead atoms. The predicted octanol–water partition coefficient (Wildman–Crippen LogP) is 1.72. The van der Waals surface area contributed by atoms with E-state index in [0.29, 0.717) is 5.56 Å². The molecule has 21 heavy (non-hydrogen) atoms. The van der Waals surface area contributed by atoms with Gasteiger partial charge in [-0.05, 0) is 26.8 Å². The molecule has 0 radical (unpaired) electrons. The maximum absolute atomic E-state index is 10.8. The molecule has 1 aliphatic rings. The number of aromatic nitrogens is 1. The molecular formula is C14H19N5O2. The van der Waals surface area contributed by atoms with Crippen LogP contribution in [0.4, 0.5) is 11.5 Å². The third-order valence-electron chi connectivity index (χ3n) is 3.93. The zero-order chi connectivity index (χ0) is 15.6. The summed E-state index contributed by atoms with van der Waals surface area (Å²) in [6, 6.07) is 4.06. The Morgan fingerprint density at radius 3 is 2.48 bits per heavy atom. The number of nitriles is 1. The van der Waals surface area contributed by atoms with E-state index in [4.69, 9.17) is 5.26 Å². The van der Waals surface area contributed by atoms with Gasteiger partial charge in [0.05, 0.1) is 11.0 Å². The van der Waals surface area contributed by atoms with Crippen molar-refractivity contribution in [2.45, 2.75) is 26.3 Å². The van der Waals surface area contributed by atoms with Crippen molar-refractivity contribution < 1.29 is 4.92 Å². The summed E-state index contributed by atoms with van der Waals surface area (Å²) in [7, 11) is 0. The van der Waals surface area contributed by atoms with Crippen LogP contribution in [0.2, 0.25) is 0 Å². The molecular weight excluding hydrogens is 270 g/mol. The van der Waals surface area contributed by atoms with Crippen molar-refractivity contribution in [2.24, 2.45) is 0 Å². The Morgan fingerprint density at radius 2 is 2.00 bits per heavy atom. The third-order valence-corrected chi connectivity index (χ3v) is 3.93. The van der Waals surface area contributed by atoms with Gasteiger partial charge in [0.15, 0.2) is 0 Å². The van der Waals surface area contributed by atoms with E-state index < -0.39 is 10.5 Å². The first kappa shape index (κ1) is 15.2. The Morgan fingerprint density at radius 1 is 1.38 bits per heavy atom. The summed E-state index contributed by atoms with van der Waals surface area (Å²) in [5, 5.41) is 20.0. The van der Waals surface area contributed by atoms with E-state index in [-0.39, 0.29) is 5.69 Å². The Labute approximate surface area is 123 Å². The van der Waals surface area contributed by atoms with Crippen molar-refractivity contribution in [3.63, 3.8) is 0 Å². The Kier molecular flexibility index (Phi) is 4.09. The quantitative estimate of drug-likeness (QED) is 0.622. The van der Waals surface area contributed by atoms with Crippen molar-refractivity contribution in [2.75, 3.05) is 31.1 Å². The summed E-state index contributed by atoms with van der Waals surface area (Å²) in [5.74, 6) is 0.757. The van der Waals surface area contributed by atoms with Gasteiger partial charge in [0.1, 0.15) is 17.6 Å². The number of piperazine rings is 1. The number of pyridine rings is 1. The number of aryl methyl sites for hydroxylation is 1. The molecule has 7 heteroatoms. The number of nitrogens with zero attached hydrogens (tertiary/aromatic N) is 5. The van der Waals surface area contributed by atoms with Gasteiger partial charge >= 0.3 is 0 Å². The number of nitro groups is 1. The molecule has 0 aromatic carbocycles. The smallest absolute Gasteiger partial charge is 0.290 e. The maximum atomic E-state index is 10.8. The lowest BCUT2D eigenvalue weighted by atomic mass is 10.0. The first-order valence-corrected chi connectivity index (χ1v) is 6.87. The van der Waals surface area contributed by atoms with E-state index in [9.17, 15) is 10.1 Å². The second kappa shape index (κ2) is 5.66. The van der Waals surface area contributed by atoms with Gasteiger partial charge in [-0.1, -0.05) is 0 Å². The highest BCUT2D eigenvalue weighted by atomic mass is 16.6. The molecule has 0 aliphatic carbocycles. The molecule has 7 nitrogen and oxygen atoms in total. The lowest BCUT2D eigenvalue weighted by Gasteiger charge is -2.40. The van der Waals surface area contributed by atoms with E-state index in [1.807, 2.05) is 13.8 Å². The summed E-state index contributed by atoms with van der Waals surface area (Å²) in [4.78, 5) is 18.8. The van der Waals surface area contributed by atoms with Crippen LogP contribution in [0.3, 0.4) is 0 Å². The Bertz CT molecular complexity index is 586. The summed E-state index contributed by atoms with van der Waals surface area (Å²) in [6.45, 7) is 8.62. The van der Waals surface area contributed by atoms with Crippen LogP contribution in [0.15, 0.2) is 12.3 Å². The van der Waals surface area contributed by atoms with Gasteiger partial charge in [-0.15, -0.1) is 0 Å². The lowest BCUT2D eigenvalue weighted by molar-refractivity contribution is -0.385. The zero-order valence-electron chi connectivity index (χ0n) is 12.5. The molecule has 2 heterocycles. The van der Waals surface area contributed by atoms with Gasteiger partial charge in [-0.3, -0.25) is 15.0 Å². The van der Waals surface area contributed by atoms with E-state index in [1.54, 1.807) is 13.0 Å². The van der Waals surface area contributed by atoms with Crippen LogP contribution in [-0.2, 0) is 0 Å². The molecule has 1 fully saturated rings. The van der Waals surface area contributed by atoms with Crippen LogP contribution >= 0.6 is 0 Å². The highest BCUT2D eigenvalue weighted by Crippen LogP contribution is 2.23. The van der Waals surface area contributed by atoms with Gasteiger partial charge in [-0.2, -0.15) is 5.26 Å². The minimum Gasteiger partial charge on any atom is -0.354 e. The number of anilines is 1. The Balaban J connectivity index is 2.08. The second-order valence-electron chi connectivity index (χ2n) is 5.73. The zero-order valence-corrected chi connectivity index (χ0v) is 12.5. The van der Waals surface area contributed by atoms with Gasteiger partial charge in [-0.25, -0.2) is 4.98 Å².